The molecule has 2 atom stereocenters. The number of aromatic nitrogens is 2. The molecule has 1 aromatic carbocycles. The highest BCUT2D eigenvalue weighted by Crippen LogP contribution is 2.36. The summed E-state index contributed by atoms with van der Waals surface area (Å²) in [7, 11) is 2.79. The number of halogens is 1. The Morgan fingerprint density at radius 2 is 1.90 bits per heavy atom. The molecule has 0 unspecified atom stereocenters. The summed E-state index contributed by atoms with van der Waals surface area (Å²) in [6.45, 7) is 5.42. The van der Waals surface area contributed by atoms with Gasteiger partial charge in [-0.05, 0) is 26.8 Å². The SMILES string of the molecule is COC(=O)[C@H]1C[C@H](Oc2cc3c(Cl)ncnc3cc2OC)CN1C(=O)OC(C)(C)C. The Bertz CT molecular complexity index is 961. The third-order valence-corrected chi connectivity index (χ3v) is 4.83. The summed E-state index contributed by atoms with van der Waals surface area (Å²) in [5.74, 6) is 0.317. The fourth-order valence-electron chi connectivity index (χ4n) is 3.23. The van der Waals surface area contributed by atoms with E-state index in [2.05, 4.69) is 9.97 Å². The van der Waals surface area contributed by atoms with Crippen molar-refractivity contribution in [2.24, 2.45) is 0 Å². The van der Waals surface area contributed by atoms with Crippen LogP contribution in [0, 0.1) is 0 Å². The molecule has 10 heteroatoms. The first-order valence-corrected chi connectivity index (χ1v) is 9.73. The number of likely N-dealkylation sites (tertiary alicyclic amines) is 1. The van der Waals surface area contributed by atoms with Crippen LogP contribution in [0.2, 0.25) is 5.15 Å². The van der Waals surface area contributed by atoms with Gasteiger partial charge in [-0.2, -0.15) is 0 Å². The number of amides is 1. The standard InChI is InChI=1S/C20H24ClN3O6/c1-20(2,3)30-19(26)24-9-11(6-14(24)18(25)28-5)29-16-7-12-13(8-15(16)27-4)22-10-23-17(12)21/h7-8,10-11,14H,6,9H2,1-5H3/t11-,14+/m0/s1. The maximum absolute atomic E-state index is 12.6. The number of carbonyl (C=O) groups is 2. The number of esters is 1. The third kappa shape index (κ3) is 4.67. The van der Waals surface area contributed by atoms with Gasteiger partial charge in [-0.15, -0.1) is 0 Å². The molecule has 9 nitrogen and oxygen atoms in total. The first-order valence-electron chi connectivity index (χ1n) is 9.35. The molecule has 2 heterocycles. The zero-order valence-corrected chi connectivity index (χ0v) is 18.2. The molecule has 1 amide bonds. The molecule has 0 spiro atoms. The van der Waals surface area contributed by atoms with Crippen LogP contribution in [0.25, 0.3) is 10.9 Å². The number of carbonyl (C=O) groups excluding carboxylic acids is 2. The van der Waals surface area contributed by atoms with Crippen LogP contribution in [0.5, 0.6) is 11.5 Å². The Morgan fingerprint density at radius 3 is 2.53 bits per heavy atom. The Morgan fingerprint density at radius 1 is 1.17 bits per heavy atom. The number of hydrogen-bond donors (Lipinski definition) is 0. The van der Waals surface area contributed by atoms with Crippen molar-refractivity contribution < 1.29 is 28.5 Å². The van der Waals surface area contributed by atoms with Crippen molar-refractivity contribution in [1.29, 1.82) is 0 Å². The van der Waals surface area contributed by atoms with E-state index in [4.69, 9.17) is 30.5 Å². The lowest BCUT2D eigenvalue weighted by Gasteiger charge is -2.27. The summed E-state index contributed by atoms with van der Waals surface area (Å²) in [4.78, 5) is 34.3. The minimum Gasteiger partial charge on any atom is -0.493 e. The van der Waals surface area contributed by atoms with Gasteiger partial charge in [0.25, 0.3) is 0 Å². The predicted molar refractivity (Wildman–Crippen MR) is 109 cm³/mol. The van der Waals surface area contributed by atoms with Crippen molar-refractivity contribution in [1.82, 2.24) is 14.9 Å². The van der Waals surface area contributed by atoms with Gasteiger partial charge in [0.1, 0.15) is 29.2 Å². The second-order valence-corrected chi connectivity index (χ2v) is 8.19. The number of nitrogens with zero attached hydrogens (tertiary/aromatic N) is 3. The summed E-state index contributed by atoms with van der Waals surface area (Å²) in [5, 5.41) is 0.878. The Labute approximate surface area is 179 Å². The van der Waals surface area contributed by atoms with Gasteiger partial charge in [0.15, 0.2) is 11.5 Å². The molecule has 30 heavy (non-hydrogen) atoms. The van der Waals surface area contributed by atoms with Gasteiger partial charge in [-0.3, -0.25) is 4.90 Å². The van der Waals surface area contributed by atoms with Crippen LogP contribution in [-0.4, -0.2) is 65.4 Å². The van der Waals surface area contributed by atoms with Crippen molar-refractivity contribution in [2.75, 3.05) is 20.8 Å². The van der Waals surface area contributed by atoms with E-state index < -0.39 is 29.8 Å². The average Bonchev–Trinajstić information content (AvgIpc) is 3.10. The van der Waals surface area contributed by atoms with E-state index >= 15 is 0 Å². The lowest BCUT2D eigenvalue weighted by Crippen LogP contribution is -2.44. The lowest BCUT2D eigenvalue weighted by atomic mass is 10.2. The first kappa shape index (κ1) is 21.9. The maximum atomic E-state index is 12.6. The van der Waals surface area contributed by atoms with Crippen LogP contribution in [0.1, 0.15) is 27.2 Å². The number of fused-ring (bicyclic) bond motifs is 1. The zero-order valence-electron chi connectivity index (χ0n) is 17.5. The molecule has 0 bridgehead atoms. The van der Waals surface area contributed by atoms with E-state index in [0.717, 1.165) is 0 Å². The van der Waals surface area contributed by atoms with E-state index in [1.165, 1.54) is 25.4 Å². The summed E-state index contributed by atoms with van der Waals surface area (Å²) in [6, 6.07) is 2.56. The van der Waals surface area contributed by atoms with Gasteiger partial charge in [0.05, 0.1) is 26.3 Å². The number of methoxy groups -OCH3 is 2. The Hall–Kier alpha value is -2.81. The molecule has 1 fully saturated rings. The number of rotatable bonds is 4. The highest BCUT2D eigenvalue weighted by molar-refractivity contribution is 6.34. The molecule has 1 aliphatic rings. The van der Waals surface area contributed by atoms with Crippen molar-refractivity contribution in [3.8, 4) is 11.5 Å². The van der Waals surface area contributed by atoms with Crippen molar-refractivity contribution in [2.45, 2.75) is 44.9 Å². The van der Waals surface area contributed by atoms with Gasteiger partial charge < -0.3 is 18.9 Å². The largest absolute Gasteiger partial charge is 0.493 e. The Balaban J connectivity index is 1.87. The molecule has 0 N–H and O–H groups in total. The van der Waals surface area contributed by atoms with Crippen molar-refractivity contribution in [3.05, 3.63) is 23.6 Å². The average molecular weight is 438 g/mol. The normalized spacial score (nSPS) is 18.9. The summed E-state index contributed by atoms with van der Waals surface area (Å²) < 4.78 is 21.8. The van der Waals surface area contributed by atoms with Crippen LogP contribution in [0.15, 0.2) is 18.5 Å². The molecule has 162 valence electrons. The smallest absolute Gasteiger partial charge is 0.411 e. The molecular formula is C20H24ClN3O6. The summed E-state index contributed by atoms with van der Waals surface area (Å²) in [6.07, 6.45) is 0.509. The summed E-state index contributed by atoms with van der Waals surface area (Å²) in [5.41, 5.74) is -0.0944. The molecule has 1 aromatic heterocycles. The highest BCUT2D eigenvalue weighted by atomic mass is 35.5. The van der Waals surface area contributed by atoms with Gasteiger partial charge in [-0.25, -0.2) is 19.6 Å². The first-order chi connectivity index (χ1) is 14.1. The second-order valence-electron chi connectivity index (χ2n) is 7.83. The van der Waals surface area contributed by atoms with Crippen LogP contribution < -0.4 is 9.47 Å². The molecule has 0 radical (unpaired) electrons. The third-order valence-electron chi connectivity index (χ3n) is 4.53. The maximum Gasteiger partial charge on any atom is 0.411 e. The summed E-state index contributed by atoms with van der Waals surface area (Å²) >= 11 is 6.17. The Kier molecular flexibility index (Phi) is 6.21. The van der Waals surface area contributed by atoms with E-state index in [1.807, 2.05) is 0 Å². The van der Waals surface area contributed by atoms with Crippen molar-refractivity contribution in [3.63, 3.8) is 0 Å². The quantitative estimate of drug-likeness (QED) is 0.531. The van der Waals surface area contributed by atoms with E-state index in [0.29, 0.717) is 22.4 Å². The molecule has 0 aliphatic carbocycles. The fraction of sp³-hybridized carbons (Fsp3) is 0.500. The van der Waals surface area contributed by atoms with Crippen LogP contribution in [-0.2, 0) is 14.3 Å². The van der Waals surface area contributed by atoms with Gasteiger partial charge in [0, 0.05) is 17.9 Å². The van der Waals surface area contributed by atoms with Crippen LogP contribution in [0.3, 0.4) is 0 Å². The van der Waals surface area contributed by atoms with Gasteiger partial charge in [0.2, 0.25) is 0 Å². The predicted octanol–water partition coefficient (Wildman–Crippen LogP) is 3.22. The van der Waals surface area contributed by atoms with Crippen LogP contribution in [0.4, 0.5) is 4.79 Å². The molecule has 1 saturated heterocycles. The second kappa shape index (κ2) is 8.51. The number of hydrogen-bond acceptors (Lipinski definition) is 8. The number of ether oxygens (including phenoxy) is 4. The fourth-order valence-corrected chi connectivity index (χ4v) is 3.42. The molecule has 0 saturated carbocycles. The van der Waals surface area contributed by atoms with E-state index in [9.17, 15) is 9.59 Å². The molecule has 3 rings (SSSR count). The van der Waals surface area contributed by atoms with E-state index in [-0.39, 0.29) is 18.1 Å². The zero-order chi connectivity index (χ0) is 22.1. The minimum absolute atomic E-state index is 0.148. The minimum atomic E-state index is -0.812. The lowest BCUT2D eigenvalue weighted by molar-refractivity contribution is -0.145. The van der Waals surface area contributed by atoms with Crippen LogP contribution >= 0.6 is 11.6 Å². The van der Waals surface area contributed by atoms with E-state index in [1.54, 1.807) is 32.9 Å². The topological polar surface area (TPSA) is 100 Å². The monoisotopic (exact) mass is 437 g/mol. The number of benzene rings is 1. The molecular weight excluding hydrogens is 414 g/mol. The van der Waals surface area contributed by atoms with Gasteiger partial charge in [-0.1, -0.05) is 11.6 Å². The molecule has 1 aliphatic heterocycles. The van der Waals surface area contributed by atoms with Gasteiger partial charge >= 0.3 is 12.1 Å². The van der Waals surface area contributed by atoms with Crippen molar-refractivity contribution >= 4 is 34.6 Å². The molecule has 2 aromatic rings. The highest BCUT2D eigenvalue weighted by Gasteiger charge is 2.43.